The lowest BCUT2D eigenvalue weighted by atomic mass is 10.0. The quantitative estimate of drug-likeness (QED) is 0.0690. The zero-order valence-corrected chi connectivity index (χ0v) is 28.9. The Morgan fingerprint density at radius 1 is 0.816 bits per heavy atom. The molecule has 0 unspecified atom stereocenters. The number of benzene rings is 4. The molecule has 1 heterocycles. The number of carbonyl (C=O) groups is 4. The first-order chi connectivity index (χ1) is 23.7. The number of esters is 1. The number of thiophene rings is 1. The molecule has 0 radical (unpaired) electrons. The number of carbonyl (C=O) groups excluding carboxylic acids is 4. The first-order valence-corrected chi connectivity index (χ1v) is 17.4. The van der Waals surface area contributed by atoms with E-state index in [0.717, 1.165) is 27.1 Å². The molecule has 1 aromatic heterocycles. The lowest BCUT2D eigenvalue weighted by Gasteiger charge is -2.12. The second-order valence-corrected chi connectivity index (χ2v) is 13.0. The van der Waals surface area contributed by atoms with E-state index >= 15 is 0 Å². The molecule has 0 aliphatic heterocycles. The van der Waals surface area contributed by atoms with Crippen molar-refractivity contribution < 1.29 is 23.9 Å². The molecular formula is C39H35N3O5S2. The van der Waals surface area contributed by atoms with Crippen molar-refractivity contribution >= 4 is 63.6 Å². The summed E-state index contributed by atoms with van der Waals surface area (Å²) in [5.74, 6) is -1.65. The third-order valence-corrected chi connectivity index (χ3v) is 9.12. The third-order valence-electron chi connectivity index (χ3n) is 7.23. The van der Waals surface area contributed by atoms with E-state index in [4.69, 9.17) is 4.74 Å². The van der Waals surface area contributed by atoms with Gasteiger partial charge in [-0.15, -0.1) is 23.1 Å². The van der Waals surface area contributed by atoms with Gasteiger partial charge in [0.05, 0.1) is 12.4 Å². The summed E-state index contributed by atoms with van der Waals surface area (Å²) in [7, 11) is 0. The van der Waals surface area contributed by atoms with Crippen LogP contribution < -0.4 is 16.0 Å². The van der Waals surface area contributed by atoms with E-state index in [-0.39, 0.29) is 24.0 Å². The molecular weight excluding hydrogens is 655 g/mol. The average molecular weight is 690 g/mol. The monoisotopic (exact) mass is 689 g/mol. The average Bonchev–Trinajstić information content (AvgIpc) is 3.51. The van der Waals surface area contributed by atoms with Crippen LogP contribution in [0.4, 0.5) is 10.7 Å². The lowest BCUT2D eigenvalue weighted by Crippen LogP contribution is -2.30. The van der Waals surface area contributed by atoms with Gasteiger partial charge in [0.2, 0.25) is 5.91 Å². The highest BCUT2D eigenvalue weighted by Gasteiger charge is 2.23. The fraction of sp³-hybridized carbons (Fsp3) is 0.128. The van der Waals surface area contributed by atoms with Crippen LogP contribution in [0.3, 0.4) is 0 Å². The Bertz CT molecular complexity index is 2000. The summed E-state index contributed by atoms with van der Waals surface area (Å²) in [4.78, 5) is 53.2. The predicted molar refractivity (Wildman–Crippen MR) is 198 cm³/mol. The van der Waals surface area contributed by atoms with E-state index in [1.165, 1.54) is 23.1 Å². The van der Waals surface area contributed by atoms with Crippen molar-refractivity contribution in [3.05, 3.63) is 142 Å². The van der Waals surface area contributed by atoms with E-state index in [0.29, 0.717) is 27.4 Å². The van der Waals surface area contributed by atoms with E-state index in [2.05, 4.69) is 16.0 Å². The van der Waals surface area contributed by atoms with Crippen LogP contribution in [-0.4, -0.2) is 36.1 Å². The largest absolute Gasteiger partial charge is 0.462 e. The maximum atomic E-state index is 13.5. The lowest BCUT2D eigenvalue weighted by molar-refractivity contribution is -0.114. The summed E-state index contributed by atoms with van der Waals surface area (Å²) >= 11 is 2.55. The normalized spacial score (nSPS) is 11.0. The molecule has 5 aromatic rings. The van der Waals surface area contributed by atoms with Crippen LogP contribution in [0.1, 0.15) is 44.3 Å². The number of anilines is 2. The SMILES string of the molecule is CCOC(=O)c1c(-c2ccc(C)cc2)csc1NC(=O)CSc1cccc(NC(=O)/C(=C\c2cccc(C)c2)NC(=O)c2ccccc2)c1. The van der Waals surface area contributed by atoms with E-state index in [9.17, 15) is 19.2 Å². The van der Waals surface area contributed by atoms with Crippen molar-refractivity contribution in [3.8, 4) is 11.1 Å². The fourth-order valence-electron chi connectivity index (χ4n) is 4.84. The van der Waals surface area contributed by atoms with Crippen LogP contribution in [0.25, 0.3) is 17.2 Å². The first kappa shape index (κ1) is 34.9. The standard InChI is InChI=1S/C39H35N3O5S2/c1-4-47-39(46)35-32(28-18-16-25(2)17-19-28)23-49-38(35)42-34(43)24-48-31-15-9-14-30(22-31)40-37(45)33(21-27-11-8-10-26(3)20-27)41-36(44)29-12-6-5-7-13-29/h5-23H,4,24H2,1-3H3,(H,40,45)(H,41,44)(H,42,43)/b33-21+. The second kappa shape index (κ2) is 16.6. The zero-order chi connectivity index (χ0) is 34.8. The summed E-state index contributed by atoms with van der Waals surface area (Å²) in [6, 6.07) is 31.2. The molecule has 0 aliphatic rings. The van der Waals surface area contributed by atoms with Crippen molar-refractivity contribution in [2.75, 3.05) is 23.0 Å². The number of hydrogen-bond donors (Lipinski definition) is 3. The number of rotatable bonds is 12. The highest BCUT2D eigenvalue weighted by atomic mass is 32.2. The molecule has 0 aliphatic carbocycles. The number of aryl methyl sites for hydroxylation is 2. The van der Waals surface area contributed by atoms with Gasteiger partial charge in [0.15, 0.2) is 0 Å². The number of ether oxygens (including phenoxy) is 1. The number of nitrogens with one attached hydrogen (secondary N) is 3. The summed E-state index contributed by atoms with van der Waals surface area (Å²) < 4.78 is 5.32. The maximum absolute atomic E-state index is 13.5. The minimum Gasteiger partial charge on any atom is -0.462 e. The molecule has 8 nitrogen and oxygen atoms in total. The highest BCUT2D eigenvalue weighted by molar-refractivity contribution is 8.00. The minimum absolute atomic E-state index is 0.0586. The molecule has 49 heavy (non-hydrogen) atoms. The smallest absolute Gasteiger partial charge is 0.341 e. The third kappa shape index (κ3) is 9.56. The molecule has 0 fully saturated rings. The Labute approximate surface area is 293 Å². The van der Waals surface area contributed by atoms with Gasteiger partial charge in [-0.3, -0.25) is 14.4 Å². The summed E-state index contributed by atoms with van der Waals surface area (Å²) in [6.07, 6.45) is 1.63. The van der Waals surface area contributed by atoms with E-state index in [1.807, 2.05) is 79.9 Å². The van der Waals surface area contributed by atoms with Crippen molar-refractivity contribution in [3.63, 3.8) is 0 Å². The first-order valence-electron chi connectivity index (χ1n) is 15.5. The Morgan fingerprint density at radius 2 is 1.57 bits per heavy atom. The number of hydrogen-bond acceptors (Lipinski definition) is 7. The summed E-state index contributed by atoms with van der Waals surface area (Å²) in [5, 5.41) is 10.8. The molecule has 3 amide bonds. The van der Waals surface area contributed by atoms with Gasteiger partial charge >= 0.3 is 5.97 Å². The van der Waals surface area contributed by atoms with Crippen molar-refractivity contribution in [2.24, 2.45) is 0 Å². The molecule has 10 heteroatoms. The van der Waals surface area contributed by atoms with Gasteiger partial charge in [0.1, 0.15) is 16.3 Å². The van der Waals surface area contributed by atoms with Gasteiger partial charge in [0.25, 0.3) is 11.8 Å². The summed E-state index contributed by atoms with van der Waals surface area (Å²) in [6.45, 7) is 5.89. The van der Waals surface area contributed by atoms with Crippen LogP contribution in [0.5, 0.6) is 0 Å². The topological polar surface area (TPSA) is 114 Å². The molecule has 0 atom stereocenters. The Balaban J connectivity index is 1.27. The van der Waals surface area contributed by atoms with Crippen molar-refractivity contribution in [2.45, 2.75) is 25.7 Å². The predicted octanol–water partition coefficient (Wildman–Crippen LogP) is 8.35. The van der Waals surface area contributed by atoms with Crippen molar-refractivity contribution in [1.29, 1.82) is 0 Å². The van der Waals surface area contributed by atoms with Crippen LogP contribution in [0.2, 0.25) is 0 Å². The van der Waals surface area contributed by atoms with Gasteiger partial charge < -0.3 is 20.7 Å². The van der Waals surface area contributed by atoms with E-state index < -0.39 is 17.8 Å². The van der Waals surface area contributed by atoms with Crippen LogP contribution >= 0.6 is 23.1 Å². The Morgan fingerprint density at radius 3 is 2.31 bits per heavy atom. The Hall–Kier alpha value is -5.45. The van der Waals surface area contributed by atoms with Gasteiger partial charge in [-0.1, -0.05) is 83.9 Å². The fourth-order valence-corrected chi connectivity index (χ4v) is 6.57. The van der Waals surface area contributed by atoms with Crippen LogP contribution in [0, 0.1) is 13.8 Å². The van der Waals surface area contributed by atoms with Gasteiger partial charge in [-0.2, -0.15) is 0 Å². The van der Waals surface area contributed by atoms with E-state index in [1.54, 1.807) is 55.5 Å². The molecule has 0 saturated heterocycles. The van der Waals surface area contributed by atoms with Crippen LogP contribution in [0.15, 0.2) is 119 Å². The molecule has 248 valence electrons. The highest BCUT2D eigenvalue weighted by Crippen LogP contribution is 2.36. The molecule has 3 N–H and O–H groups in total. The number of amides is 3. The van der Waals surface area contributed by atoms with Crippen LogP contribution in [-0.2, 0) is 14.3 Å². The molecule has 0 bridgehead atoms. The second-order valence-electron chi connectivity index (χ2n) is 11.1. The summed E-state index contributed by atoms with van der Waals surface area (Å²) in [5.41, 5.74) is 5.75. The Kier molecular flexibility index (Phi) is 11.8. The minimum atomic E-state index is -0.501. The van der Waals surface area contributed by atoms with Gasteiger partial charge in [0, 0.05) is 27.1 Å². The number of thioether (sulfide) groups is 1. The maximum Gasteiger partial charge on any atom is 0.341 e. The van der Waals surface area contributed by atoms with Crippen molar-refractivity contribution in [1.82, 2.24) is 5.32 Å². The molecule has 0 spiro atoms. The zero-order valence-electron chi connectivity index (χ0n) is 27.2. The van der Waals surface area contributed by atoms with Gasteiger partial charge in [-0.25, -0.2) is 4.79 Å². The molecule has 4 aromatic carbocycles. The molecule has 0 saturated carbocycles. The molecule has 5 rings (SSSR count). The van der Waals surface area contributed by atoms with Gasteiger partial charge in [-0.05, 0) is 68.3 Å².